The highest BCUT2D eigenvalue weighted by atomic mass is 79.9. The lowest BCUT2D eigenvalue weighted by Gasteiger charge is -2.16. The first-order valence-corrected chi connectivity index (χ1v) is 5.69. The fraction of sp³-hybridized carbons (Fsp3) is 0.333. The summed E-state index contributed by atoms with van der Waals surface area (Å²) in [6.07, 6.45) is 5.92. The number of hydrogen-bond acceptors (Lipinski definition) is 2. The maximum absolute atomic E-state index is 5.70. The summed E-state index contributed by atoms with van der Waals surface area (Å²) in [7, 11) is 0. The molecule has 0 amide bonds. The van der Waals surface area contributed by atoms with E-state index in [1.165, 1.54) is 5.56 Å². The molecule has 0 aliphatic rings. The second kappa shape index (κ2) is 6.62. The van der Waals surface area contributed by atoms with Crippen LogP contribution in [0.25, 0.3) is 0 Å². The molecule has 0 bridgehead atoms. The third-order valence-corrected chi connectivity index (χ3v) is 2.70. The van der Waals surface area contributed by atoms with Crippen molar-refractivity contribution in [2.45, 2.75) is 12.5 Å². The van der Waals surface area contributed by atoms with E-state index in [1.807, 2.05) is 12.1 Å². The van der Waals surface area contributed by atoms with Crippen LogP contribution in [-0.4, -0.2) is 13.1 Å². The molecule has 0 radical (unpaired) electrons. The number of nitrogens with one attached hydrogen (secondary N) is 1. The lowest BCUT2D eigenvalue weighted by Crippen LogP contribution is -2.28. The summed E-state index contributed by atoms with van der Waals surface area (Å²) in [5, 5.41) is 3.32. The van der Waals surface area contributed by atoms with Gasteiger partial charge in [-0.3, -0.25) is 0 Å². The standard InChI is InChI=1S/C12H15BrN2/c1-2-3-8-15-12(9-14)10-4-6-11(13)7-5-10/h1,4-7,12,15H,3,8-9,14H2. The summed E-state index contributed by atoms with van der Waals surface area (Å²) in [4.78, 5) is 0. The quantitative estimate of drug-likeness (QED) is 0.633. The van der Waals surface area contributed by atoms with E-state index in [2.05, 4.69) is 39.3 Å². The number of benzene rings is 1. The van der Waals surface area contributed by atoms with Gasteiger partial charge in [-0.25, -0.2) is 0 Å². The minimum Gasteiger partial charge on any atom is -0.329 e. The molecular weight excluding hydrogens is 252 g/mol. The number of halogens is 1. The summed E-state index contributed by atoms with van der Waals surface area (Å²) < 4.78 is 1.07. The second-order valence-corrected chi connectivity index (χ2v) is 4.16. The number of terminal acetylenes is 1. The largest absolute Gasteiger partial charge is 0.329 e. The van der Waals surface area contributed by atoms with Gasteiger partial charge >= 0.3 is 0 Å². The molecule has 0 saturated carbocycles. The Bertz CT molecular complexity index is 326. The molecule has 1 rings (SSSR count). The van der Waals surface area contributed by atoms with E-state index in [0.717, 1.165) is 17.4 Å². The van der Waals surface area contributed by atoms with E-state index in [-0.39, 0.29) is 6.04 Å². The summed E-state index contributed by atoms with van der Waals surface area (Å²) in [6, 6.07) is 8.34. The Kier molecular flexibility index (Phi) is 5.41. The smallest absolute Gasteiger partial charge is 0.0444 e. The maximum atomic E-state index is 5.70. The summed E-state index contributed by atoms with van der Waals surface area (Å²) in [6.45, 7) is 1.38. The minimum atomic E-state index is 0.187. The predicted octanol–water partition coefficient (Wildman–Crippen LogP) is 2.06. The molecule has 1 aromatic rings. The molecule has 15 heavy (non-hydrogen) atoms. The minimum absolute atomic E-state index is 0.187. The Morgan fingerprint density at radius 2 is 2.07 bits per heavy atom. The molecule has 0 aromatic heterocycles. The van der Waals surface area contributed by atoms with Gasteiger partial charge in [0.05, 0.1) is 0 Å². The van der Waals surface area contributed by atoms with Crippen molar-refractivity contribution >= 4 is 15.9 Å². The maximum Gasteiger partial charge on any atom is 0.0444 e. The average molecular weight is 267 g/mol. The van der Waals surface area contributed by atoms with E-state index in [0.29, 0.717) is 6.54 Å². The van der Waals surface area contributed by atoms with Gasteiger partial charge in [0.1, 0.15) is 0 Å². The third-order valence-electron chi connectivity index (χ3n) is 2.17. The first-order valence-electron chi connectivity index (χ1n) is 4.90. The van der Waals surface area contributed by atoms with E-state index >= 15 is 0 Å². The van der Waals surface area contributed by atoms with Crippen LogP contribution in [0.1, 0.15) is 18.0 Å². The van der Waals surface area contributed by atoms with Gasteiger partial charge in [-0.2, -0.15) is 0 Å². The zero-order valence-electron chi connectivity index (χ0n) is 8.54. The van der Waals surface area contributed by atoms with Crippen LogP contribution in [0, 0.1) is 12.3 Å². The van der Waals surface area contributed by atoms with Crippen molar-refractivity contribution in [1.29, 1.82) is 0 Å². The highest BCUT2D eigenvalue weighted by Crippen LogP contribution is 2.16. The van der Waals surface area contributed by atoms with E-state index in [4.69, 9.17) is 12.2 Å². The Labute approximate surface area is 99.4 Å². The molecule has 0 heterocycles. The van der Waals surface area contributed by atoms with Crippen molar-refractivity contribution in [2.24, 2.45) is 5.73 Å². The van der Waals surface area contributed by atoms with Crippen LogP contribution >= 0.6 is 15.9 Å². The first kappa shape index (κ1) is 12.3. The molecule has 0 aliphatic carbocycles. The zero-order valence-corrected chi connectivity index (χ0v) is 10.1. The summed E-state index contributed by atoms with van der Waals surface area (Å²) in [5.41, 5.74) is 6.89. The van der Waals surface area contributed by atoms with Crippen molar-refractivity contribution in [3.8, 4) is 12.3 Å². The van der Waals surface area contributed by atoms with Crippen molar-refractivity contribution in [2.75, 3.05) is 13.1 Å². The first-order chi connectivity index (χ1) is 7.27. The van der Waals surface area contributed by atoms with Crippen LogP contribution in [0.5, 0.6) is 0 Å². The van der Waals surface area contributed by atoms with Gasteiger partial charge in [-0.05, 0) is 17.7 Å². The van der Waals surface area contributed by atoms with Gasteiger partial charge in [0, 0.05) is 30.0 Å². The second-order valence-electron chi connectivity index (χ2n) is 3.25. The molecule has 3 N–H and O–H groups in total. The van der Waals surface area contributed by atoms with Gasteiger partial charge in [-0.1, -0.05) is 28.1 Å². The molecule has 3 heteroatoms. The average Bonchev–Trinajstić information content (AvgIpc) is 2.26. The van der Waals surface area contributed by atoms with Crippen molar-refractivity contribution in [3.63, 3.8) is 0 Å². The Morgan fingerprint density at radius 1 is 1.40 bits per heavy atom. The normalized spacial score (nSPS) is 12.1. The highest BCUT2D eigenvalue weighted by Gasteiger charge is 2.07. The summed E-state index contributed by atoms with van der Waals surface area (Å²) >= 11 is 3.40. The lowest BCUT2D eigenvalue weighted by molar-refractivity contribution is 0.550. The van der Waals surface area contributed by atoms with E-state index < -0.39 is 0 Å². The fourth-order valence-corrected chi connectivity index (χ4v) is 1.62. The van der Waals surface area contributed by atoms with Crippen LogP contribution in [0.2, 0.25) is 0 Å². The molecule has 1 unspecified atom stereocenters. The van der Waals surface area contributed by atoms with Crippen LogP contribution in [0.15, 0.2) is 28.7 Å². The SMILES string of the molecule is C#CCCNC(CN)c1ccc(Br)cc1. The molecule has 2 nitrogen and oxygen atoms in total. The van der Waals surface area contributed by atoms with Gasteiger partial charge < -0.3 is 11.1 Å². The van der Waals surface area contributed by atoms with Crippen LogP contribution in [-0.2, 0) is 0 Å². The highest BCUT2D eigenvalue weighted by molar-refractivity contribution is 9.10. The Hall–Kier alpha value is -0.820. The van der Waals surface area contributed by atoms with Gasteiger partial charge in [0.25, 0.3) is 0 Å². The summed E-state index contributed by atoms with van der Waals surface area (Å²) in [5.74, 6) is 2.60. The Morgan fingerprint density at radius 3 is 2.60 bits per heavy atom. The monoisotopic (exact) mass is 266 g/mol. The zero-order chi connectivity index (χ0) is 11.1. The van der Waals surface area contributed by atoms with Crippen molar-refractivity contribution < 1.29 is 0 Å². The molecule has 80 valence electrons. The molecule has 0 saturated heterocycles. The molecular formula is C12H15BrN2. The van der Waals surface area contributed by atoms with Gasteiger partial charge in [0.2, 0.25) is 0 Å². The van der Waals surface area contributed by atoms with Gasteiger partial charge in [-0.15, -0.1) is 12.3 Å². The lowest BCUT2D eigenvalue weighted by atomic mass is 10.1. The molecule has 1 aromatic carbocycles. The topological polar surface area (TPSA) is 38.0 Å². The Balaban J connectivity index is 2.58. The van der Waals surface area contributed by atoms with Crippen LogP contribution < -0.4 is 11.1 Å². The van der Waals surface area contributed by atoms with E-state index in [1.54, 1.807) is 0 Å². The molecule has 0 spiro atoms. The van der Waals surface area contributed by atoms with E-state index in [9.17, 15) is 0 Å². The number of nitrogens with two attached hydrogens (primary N) is 1. The molecule has 1 atom stereocenters. The van der Waals surface area contributed by atoms with Crippen molar-refractivity contribution in [1.82, 2.24) is 5.32 Å². The predicted molar refractivity (Wildman–Crippen MR) is 67.4 cm³/mol. The van der Waals surface area contributed by atoms with Crippen LogP contribution in [0.3, 0.4) is 0 Å². The molecule has 0 aliphatic heterocycles. The van der Waals surface area contributed by atoms with Crippen molar-refractivity contribution in [3.05, 3.63) is 34.3 Å². The van der Waals surface area contributed by atoms with Gasteiger partial charge in [0.15, 0.2) is 0 Å². The number of rotatable bonds is 5. The fourth-order valence-electron chi connectivity index (χ4n) is 1.35. The third kappa shape index (κ3) is 4.05. The molecule has 0 fully saturated rings. The number of hydrogen-bond donors (Lipinski definition) is 2. The van der Waals surface area contributed by atoms with Crippen LogP contribution in [0.4, 0.5) is 0 Å².